The minimum Gasteiger partial charge on any atom is -0.497 e. The smallest absolute Gasteiger partial charge is 0.490 e. The van der Waals surface area contributed by atoms with Gasteiger partial charge in [0.05, 0.1) is 12.5 Å². The monoisotopic (exact) mass is 465 g/mol. The fourth-order valence-corrected chi connectivity index (χ4v) is 4.26. The number of carbonyl (C=O) groups is 2. The number of halogens is 3. The lowest BCUT2D eigenvalue weighted by Gasteiger charge is -2.24. The van der Waals surface area contributed by atoms with Crippen LogP contribution < -0.4 is 4.74 Å². The molecule has 2 aromatic rings. The van der Waals surface area contributed by atoms with Crippen LogP contribution in [0.2, 0.25) is 0 Å². The maximum Gasteiger partial charge on any atom is 0.490 e. The molecule has 1 aromatic heterocycles. The van der Waals surface area contributed by atoms with E-state index in [9.17, 15) is 18.0 Å². The second-order valence-electron chi connectivity index (χ2n) is 8.23. The van der Waals surface area contributed by atoms with Crippen LogP contribution in [-0.2, 0) is 22.7 Å². The Kier molecular flexibility index (Phi) is 7.57. The molecule has 1 N–H and O–H groups in total. The summed E-state index contributed by atoms with van der Waals surface area (Å²) in [7, 11) is 1.67. The van der Waals surface area contributed by atoms with Crippen LogP contribution in [0.25, 0.3) is 0 Å². The molecule has 4 rings (SSSR count). The summed E-state index contributed by atoms with van der Waals surface area (Å²) in [6, 6.07) is 12.1. The SMILES string of the molecule is COc1cccc(CN2CCC3(CCN(Cc4cccnc4)C3)C2=O)c1.O=C(O)C(F)(F)F. The van der Waals surface area contributed by atoms with Gasteiger partial charge in [-0.1, -0.05) is 18.2 Å². The van der Waals surface area contributed by atoms with Crippen molar-refractivity contribution >= 4 is 11.9 Å². The molecule has 0 saturated carbocycles. The number of pyridine rings is 1. The second-order valence-corrected chi connectivity index (χ2v) is 8.23. The Labute approximate surface area is 189 Å². The number of aromatic nitrogens is 1. The van der Waals surface area contributed by atoms with Crippen molar-refractivity contribution in [3.05, 3.63) is 59.9 Å². The number of methoxy groups -OCH3 is 1. The molecule has 2 aliphatic heterocycles. The average molecular weight is 465 g/mol. The Balaban J connectivity index is 0.000000383. The first kappa shape index (κ1) is 24.5. The Hall–Kier alpha value is -3.14. The summed E-state index contributed by atoms with van der Waals surface area (Å²) < 4.78 is 37.0. The van der Waals surface area contributed by atoms with Crippen LogP contribution in [-0.4, -0.2) is 64.7 Å². The number of carbonyl (C=O) groups excluding carboxylic acids is 1. The van der Waals surface area contributed by atoms with Crippen molar-refractivity contribution in [1.29, 1.82) is 0 Å². The highest BCUT2D eigenvalue weighted by molar-refractivity contribution is 5.85. The van der Waals surface area contributed by atoms with Gasteiger partial charge in [-0.25, -0.2) is 4.79 Å². The van der Waals surface area contributed by atoms with Crippen molar-refractivity contribution in [2.75, 3.05) is 26.7 Å². The van der Waals surface area contributed by atoms with Crippen molar-refractivity contribution in [2.24, 2.45) is 5.41 Å². The van der Waals surface area contributed by atoms with Gasteiger partial charge in [0.2, 0.25) is 5.91 Å². The van der Waals surface area contributed by atoms with Crippen molar-refractivity contribution in [3.8, 4) is 5.75 Å². The molecule has 2 saturated heterocycles. The van der Waals surface area contributed by atoms with E-state index in [4.69, 9.17) is 14.6 Å². The first-order valence-corrected chi connectivity index (χ1v) is 10.5. The number of hydrogen-bond donors (Lipinski definition) is 1. The zero-order valence-corrected chi connectivity index (χ0v) is 18.2. The van der Waals surface area contributed by atoms with Crippen molar-refractivity contribution < 1.29 is 32.6 Å². The zero-order valence-electron chi connectivity index (χ0n) is 18.2. The van der Waals surface area contributed by atoms with Crippen LogP contribution in [0, 0.1) is 5.41 Å². The van der Waals surface area contributed by atoms with E-state index in [1.807, 2.05) is 35.4 Å². The van der Waals surface area contributed by atoms with E-state index in [0.29, 0.717) is 12.5 Å². The third-order valence-electron chi connectivity index (χ3n) is 5.91. The number of carboxylic acids is 1. The number of likely N-dealkylation sites (tertiary alicyclic amines) is 2. The van der Waals surface area contributed by atoms with E-state index in [1.165, 1.54) is 5.56 Å². The molecular formula is C23H26F3N3O4. The normalized spacial score (nSPS) is 20.6. The summed E-state index contributed by atoms with van der Waals surface area (Å²) in [5.74, 6) is -1.60. The van der Waals surface area contributed by atoms with Gasteiger partial charge in [0.15, 0.2) is 0 Å². The molecular weight excluding hydrogens is 439 g/mol. The summed E-state index contributed by atoms with van der Waals surface area (Å²) >= 11 is 0. The molecule has 2 aliphatic rings. The van der Waals surface area contributed by atoms with Crippen LogP contribution in [0.1, 0.15) is 24.0 Å². The van der Waals surface area contributed by atoms with E-state index in [2.05, 4.69) is 22.0 Å². The van der Waals surface area contributed by atoms with E-state index >= 15 is 0 Å². The van der Waals surface area contributed by atoms with Crippen LogP contribution in [0.5, 0.6) is 5.75 Å². The minimum absolute atomic E-state index is 0.193. The molecule has 7 nitrogen and oxygen atoms in total. The summed E-state index contributed by atoms with van der Waals surface area (Å²) in [5.41, 5.74) is 2.14. The number of carboxylic acid groups (broad SMARTS) is 1. The van der Waals surface area contributed by atoms with Gasteiger partial charge in [-0.3, -0.25) is 14.7 Å². The highest BCUT2D eigenvalue weighted by Gasteiger charge is 2.50. The number of aliphatic carboxylic acids is 1. The largest absolute Gasteiger partial charge is 0.497 e. The Bertz CT molecular complexity index is 971. The number of alkyl halides is 3. The van der Waals surface area contributed by atoms with Crippen molar-refractivity contribution in [2.45, 2.75) is 32.1 Å². The molecule has 3 heterocycles. The Morgan fingerprint density at radius 2 is 1.85 bits per heavy atom. The third-order valence-corrected chi connectivity index (χ3v) is 5.91. The summed E-state index contributed by atoms with van der Waals surface area (Å²) in [4.78, 5) is 30.6. The number of amides is 1. The third kappa shape index (κ3) is 6.22. The highest BCUT2D eigenvalue weighted by atomic mass is 19.4. The van der Waals surface area contributed by atoms with Crippen LogP contribution in [0.15, 0.2) is 48.8 Å². The average Bonchev–Trinajstić information content (AvgIpc) is 3.33. The number of nitrogens with zero attached hydrogens (tertiary/aromatic N) is 3. The van der Waals surface area contributed by atoms with Gasteiger partial charge < -0.3 is 14.7 Å². The van der Waals surface area contributed by atoms with Gasteiger partial charge >= 0.3 is 12.1 Å². The Morgan fingerprint density at radius 1 is 1.15 bits per heavy atom. The molecule has 1 spiro atoms. The summed E-state index contributed by atoms with van der Waals surface area (Å²) in [6.45, 7) is 4.22. The lowest BCUT2D eigenvalue weighted by Crippen LogP contribution is -2.36. The standard InChI is InChI=1S/C21H25N3O2.C2HF3O2/c1-26-19-6-2-4-17(12-19)15-24-11-8-21(20(24)25)7-10-23(16-21)14-18-5-3-9-22-13-18;3-2(4,5)1(6)7/h2-6,9,12-13H,7-8,10-11,14-16H2,1H3;(H,6,7). The Morgan fingerprint density at radius 3 is 2.48 bits per heavy atom. The molecule has 0 aliphatic carbocycles. The van der Waals surface area contributed by atoms with Crippen LogP contribution in [0.4, 0.5) is 13.2 Å². The molecule has 1 amide bonds. The van der Waals surface area contributed by atoms with Gasteiger partial charge in [0, 0.05) is 38.6 Å². The minimum atomic E-state index is -5.08. The fraction of sp³-hybridized carbons (Fsp3) is 0.435. The van der Waals surface area contributed by atoms with E-state index in [0.717, 1.165) is 50.3 Å². The molecule has 178 valence electrons. The van der Waals surface area contributed by atoms with Crippen molar-refractivity contribution in [3.63, 3.8) is 0 Å². The molecule has 0 bridgehead atoms. The van der Waals surface area contributed by atoms with Gasteiger partial charge in [0.25, 0.3) is 0 Å². The lowest BCUT2D eigenvalue weighted by molar-refractivity contribution is -0.192. The van der Waals surface area contributed by atoms with Gasteiger partial charge in [0.1, 0.15) is 5.75 Å². The topological polar surface area (TPSA) is 83.0 Å². The second kappa shape index (κ2) is 10.2. The van der Waals surface area contributed by atoms with Gasteiger partial charge in [-0.15, -0.1) is 0 Å². The van der Waals surface area contributed by atoms with E-state index in [-0.39, 0.29) is 5.41 Å². The van der Waals surface area contributed by atoms with Crippen LogP contribution >= 0.6 is 0 Å². The molecule has 1 unspecified atom stereocenters. The molecule has 1 atom stereocenters. The number of hydrogen-bond acceptors (Lipinski definition) is 5. The number of rotatable bonds is 5. The molecule has 2 fully saturated rings. The fourth-order valence-electron chi connectivity index (χ4n) is 4.26. The van der Waals surface area contributed by atoms with Gasteiger partial charge in [-0.2, -0.15) is 13.2 Å². The molecule has 1 aromatic carbocycles. The molecule has 0 radical (unpaired) electrons. The molecule has 33 heavy (non-hydrogen) atoms. The van der Waals surface area contributed by atoms with E-state index in [1.54, 1.807) is 13.3 Å². The quantitative estimate of drug-likeness (QED) is 0.729. The summed E-state index contributed by atoms with van der Waals surface area (Å²) in [6.07, 6.45) is 0.544. The van der Waals surface area contributed by atoms with Crippen LogP contribution in [0.3, 0.4) is 0 Å². The number of ether oxygens (including phenoxy) is 1. The maximum absolute atomic E-state index is 13.1. The first-order chi connectivity index (χ1) is 15.6. The zero-order chi connectivity index (χ0) is 24.1. The predicted molar refractivity (Wildman–Crippen MR) is 113 cm³/mol. The van der Waals surface area contributed by atoms with Crippen molar-refractivity contribution in [1.82, 2.24) is 14.8 Å². The number of benzene rings is 1. The lowest BCUT2D eigenvalue weighted by atomic mass is 9.85. The summed E-state index contributed by atoms with van der Waals surface area (Å²) in [5, 5.41) is 7.12. The van der Waals surface area contributed by atoms with E-state index < -0.39 is 12.1 Å². The first-order valence-electron chi connectivity index (χ1n) is 10.5. The van der Waals surface area contributed by atoms with Gasteiger partial charge in [-0.05, 0) is 48.7 Å². The molecule has 10 heteroatoms. The predicted octanol–water partition coefficient (Wildman–Crippen LogP) is 3.35. The maximum atomic E-state index is 13.1. The highest BCUT2D eigenvalue weighted by Crippen LogP contribution is 2.41.